The Bertz CT molecular complexity index is 412. The van der Waals surface area contributed by atoms with Crippen LogP contribution in [-0.2, 0) is 11.3 Å². The van der Waals surface area contributed by atoms with Gasteiger partial charge < -0.3 is 9.47 Å². The SMILES string of the molecule is C#CCC/C=C/[C@@H](C)COCc1ccc(OC)cc1. The van der Waals surface area contributed by atoms with Crippen LogP contribution in [0.3, 0.4) is 0 Å². The topological polar surface area (TPSA) is 18.5 Å². The monoisotopic (exact) mass is 258 g/mol. The smallest absolute Gasteiger partial charge is 0.118 e. The zero-order valence-electron chi connectivity index (χ0n) is 11.8. The number of ether oxygens (including phenoxy) is 2. The lowest BCUT2D eigenvalue weighted by Crippen LogP contribution is -2.03. The van der Waals surface area contributed by atoms with Gasteiger partial charge in [0.25, 0.3) is 0 Å². The van der Waals surface area contributed by atoms with E-state index < -0.39 is 0 Å². The largest absolute Gasteiger partial charge is 0.497 e. The number of hydrogen-bond donors (Lipinski definition) is 0. The van der Waals surface area contributed by atoms with Crippen molar-refractivity contribution in [3.05, 3.63) is 42.0 Å². The van der Waals surface area contributed by atoms with E-state index in [9.17, 15) is 0 Å². The van der Waals surface area contributed by atoms with Crippen molar-refractivity contribution in [3.63, 3.8) is 0 Å². The standard InChI is InChI=1S/C17H22O2/c1-4-5-6-7-8-15(2)13-19-14-16-9-11-17(18-3)12-10-16/h1,7-12,15H,5-6,13-14H2,2-3H3/b8-7+/t15-/m1/s1. The van der Waals surface area contributed by atoms with E-state index in [4.69, 9.17) is 15.9 Å². The highest BCUT2D eigenvalue weighted by Crippen LogP contribution is 2.12. The van der Waals surface area contributed by atoms with Gasteiger partial charge in [-0.2, -0.15) is 0 Å². The average Bonchev–Trinajstić information content (AvgIpc) is 2.44. The van der Waals surface area contributed by atoms with E-state index >= 15 is 0 Å². The average molecular weight is 258 g/mol. The molecule has 2 nitrogen and oxygen atoms in total. The maximum atomic E-state index is 5.68. The Morgan fingerprint density at radius 3 is 2.68 bits per heavy atom. The Hall–Kier alpha value is -1.72. The summed E-state index contributed by atoms with van der Waals surface area (Å²) in [5, 5.41) is 0. The molecule has 0 unspecified atom stereocenters. The molecule has 19 heavy (non-hydrogen) atoms. The van der Waals surface area contributed by atoms with Crippen LogP contribution in [0.1, 0.15) is 25.3 Å². The fraction of sp³-hybridized carbons (Fsp3) is 0.412. The predicted octanol–water partition coefficient (Wildman–Crippen LogP) is 3.82. The summed E-state index contributed by atoms with van der Waals surface area (Å²) in [6.45, 7) is 3.49. The first-order valence-electron chi connectivity index (χ1n) is 6.57. The van der Waals surface area contributed by atoms with Crippen LogP contribution in [0.4, 0.5) is 0 Å². The van der Waals surface area contributed by atoms with E-state index in [0.717, 1.165) is 30.8 Å². The van der Waals surface area contributed by atoms with Gasteiger partial charge in [0, 0.05) is 6.42 Å². The molecule has 0 amide bonds. The Kier molecular flexibility index (Phi) is 7.46. The number of terminal acetylenes is 1. The molecular weight excluding hydrogens is 236 g/mol. The lowest BCUT2D eigenvalue weighted by Gasteiger charge is -2.08. The molecule has 2 heteroatoms. The van der Waals surface area contributed by atoms with Gasteiger partial charge in [0.1, 0.15) is 5.75 Å². The minimum Gasteiger partial charge on any atom is -0.497 e. The van der Waals surface area contributed by atoms with Crippen LogP contribution in [0.5, 0.6) is 5.75 Å². The molecule has 0 fully saturated rings. The summed E-state index contributed by atoms with van der Waals surface area (Å²) in [5.74, 6) is 3.90. The van der Waals surface area contributed by atoms with E-state index in [1.54, 1.807) is 7.11 Å². The van der Waals surface area contributed by atoms with E-state index in [0.29, 0.717) is 12.5 Å². The number of rotatable bonds is 8. The molecule has 1 aromatic rings. The van der Waals surface area contributed by atoms with E-state index in [1.165, 1.54) is 0 Å². The molecule has 0 N–H and O–H groups in total. The fourth-order valence-corrected chi connectivity index (χ4v) is 1.64. The van der Waals surface area contributed by atoms with E-state index in [1.807, 2.05) is 24.3 Å². The van der Waals surface area contributed by atoms with Gasteiger partial charge in [-0.3, -0.25) is 0 Å². The second kappa shape index (κ2) is 9.24. The second-order valence-corrected chi connectivity index (χ2v) is 4.51. The van der Waals surface area contributed by atoms with Crippen molar-refractivity contribution in [2.45, 2.75) is 26.4 Å². The Balaban J connectivity index is 2.22. The van der Waals surface area contributed by atoms with Gasteiger partial charge in [-0.25, -0.2) is 0 Å². The molecule has 0 bridgehead atoms. The van der Waals surface area contributed by atoms with Crippen LogP contribution in [-0.4, -0.2) is 13.7 Å². The van der Waals surface area contributed by atoms with Crippen molar-refractivity contribution in [3.8, 4) is 18.1 Å². The quantitative estimate of drug-likeness (QED) is 0.401. The summed E-state index contributed by atoms with van der Waals surface area (Å²) in [5.41, 5.74) is 1.16. The molecule has 0 spiro atoms. The molecular formula is C17H22O2. The zero-order chi connectivity index (χ0) is 13.9. The summed E-state index contributed by atoms with van der Waals surface area (Å²) < 4.78 is 10.8. The minimum atomic E-state index is 0.413. The van der Waals surface area contributed by atoms with Crippen molar-refractivity contribution < 1.29 is 9.47 Å². The zero-order valence-corrected chi connectivity index (χ0v) is 11.8. The molecule has 1 atom stereocenters. The molecule has 0 aliphatic rings. The highest BCUT2D eigenvalue weighted by atomic mass is 16.5. The first-order chi connectivity index (χ1) is 9.26. The Morgan fingerprint density at radius 2 is 2.05 bits per heavy atom. The van der Waals surface area contributed by atoms with Crippen molar-refractivity contribution in [1.82, 2.24) is 0 Å². The molecule has 0 radical (unpaired) electrons. The minimum absolute atomic E-state index is 0.413. The molecule has 0 saturated carbocycles. The van der Waals surface area contributed by atoms with Gasteiger partial charge in [0.15, 0.2) is 0 Å². The summed E-state index contributed by atoms with van der Waals surface area (Å²) >= 11 is 0. The molecule has 0 aromatic heterocycles. The third-order valence-electron chi connectivity index (χ3n) is 2.73. The molecule has 1 rings (SSSR count). The maximum absolute atomic E-state index is 5.68. The summed E-state index contributed by atoms with van der Waals surface area (Å²) in [6.07, 6.45) is 11.2. The van der Waals surface area contributed by atoms with Crippen LogP contribution >= 0.6 is 0 Å². The van der Waals surface area contributed by atoms with Crippen LogP contribution < -0.4 is 4.74 Å². The van der Waals surface area contributed by atoms with Crippen LogP contribution in [0.15, 0.2) is 36.4 Å². The van der Waals surface area contributed by atoms with Crippen LogP contribution in [0.2, 0.25) is 0 Å². The first-order valence-corrected chi connectivity index (χ1v) is 6.57. The summed E-state index contributed by atoms with van der Waals surface area (Å²) in [7, 11) is 1.67. The maximum Gasteiger partial charge on any atom is 0.118 e. The van der Waals surface area contributed by atoms with E-state index in [-0.39, 0.29) is 0 Å². The van der Waals surface area contributed by atoms with Crippen LogP contribution in [0, 0.1) is 18.3 Å². The van der Waals surface area contributed by atoms with Crippen LogP contribution in [0.25, 0.3) is 0 Å². The molecule has 0 aliphatic carbocycles. The summed E-state index contributed by atoms with van der Waals surface area (Å²) in [4.78, 5) is 0. The molecule has 0 aliphatic heterocycles. The third kappa shape index (κ3) is 6.69. The Morgan fingerprint density at radius 1 is 1.32 bits per heavy atom. The van der Waals surface area contributed by atoms with Crippen molar-refractivity contribution in [2.75, 3.05) is 13.7 Å². The van der Waals surface area contributed by atoms with Gasteiger partial charge in [-0.05, 0) is 30.0 Å². The van der Waals surface area contributed by atoms with Crippen molar-refractivity contribution in [1.29, 1.82) is 0 Å². The van der Waals surface area contributed by atoms with Gasteiger partial charge in [-0.1, -0.05) is 31.2 Å². The van der Waals surface area contributed by atoms with Gasteiger partial charge in [0.05, 0.1) is 20.3 Å². The molecule has 0 saturated heterocycles. The molecule has 1 aromatic carbocycles. The van der Waals surface area contributed by atoms with Crippen molar-refractivity contribution >= 4 is 0 Å². The lowest BCUT2D eigenvalue weighted by atomic mass is 10.1. The number of hydrogen-bond acceptors (Lipinski definition) is 2. The first kappa shape index (κ1) is 15.3. The highest BCUT2D eigenvalue weighted by molar-refractivity contribution is 5.26. The number of benzene rings is 1. The Labute approximate surface area is 116 Å². The number of methoxy groups -OCH3 is 1. The second-order valence-electron chi connectivity index (χ2n) is 4.51. The molecule has 0 heterocycles. The normalized spacial score (nSPS) is 12.3. The van der Waals surface area contributed by atoms with Gasteiger partial charge in [-0.15, -0.1) is 12.3 Å². The fourth-order valence-electron chi connectivity index (χ4n) is 1.64. The van der Waals surface area contributed by atoms with Gasteiger partial charge in [0.2, 0.25) is 0 Å². The lowest BCUT2D eigenvalue weighted by molar-refractivity contribution is 0.104. The highest BCUT2D eigenvalue weighted by Gasteiger charge is 1.99. The van der Waals surface area contributed by atoms with E-state index in [2.05, 4.69) is 25.0 Å². The summed E-state index contributed by atoms with van der Waals surface area (Å²) in [6, 6.07) is 7.93. The third-order valence-corrected chi connectivity index (χ3v) is 2.73. The predicted molar refractivity (Wildman–Crippen MR) is 79.0 cm³/mol. The number of allylic oxidation sites excluding steroid dienone is 1. The van der Waals surface area contributed by atoms with Gasteiger partial charge >= 0.3 is 0 Å². The molecule has 102 valence electrons. The van der Waals surface area contributed by atoms with Crippen molar-refractivity contribution in [2.24, 2.45) is 5.92 Å². The number of unbranched alkanes of at least 4 members (excludes halogenated alkanes) is 1.